The molecule has 104 valence electrons. The van der Waals surface area contributed by atoms with Gasteiger partial charge in [-0.25, -0.2) is 4.79 Å². The first-order chi connectivity index (χ1) is 10.3. The van der Waals surface area contributed by atoms with E-state index in [0.29, 0.717) is 5.76 Å². The first-order valence-corrected chi connectivity index (χ1v) is 6.61. The summed E-state index contributed by atoms with van der Waals surface area (Å²) >= 11 is 0. The van der Waals surface area contributed by atoms with Crippen LogP contribution in [0.1, 0.15) is 11.1 Å². The Hall–Kier alpha value is -2.81. The van der Waals surface area contributed by atoms with E-state index >= 15 is 0 Å². The Morgan fingerprint density at radius 2 is 1.71 bits per heavy atom. The molecule has 1 aliphatic heterocycles. The van der Waals surface area contributed by atoms with Crippen molar-refractivity contribution in [3.05, 3.63) is 77.6 Å². The van der Waals surface area contributed by atoms with Gasteiger partial charge in [-0.2, -0.15) is 0 Å². The van der Waals surface area contributed by atoms with Crippen molar-refractivity contribution < 1.29 is 14.3 Å². The Kier molecular flexibility index (Phi) is 3.56. The summed E-state index contributed by atoms with van der Waals surface area (Å²) in [4.78, 5) is 11.6. The predicted octanol–water partition coefficient (Wildman–Crippen LogP) is 3.68. The second-order valence-electron chi connectivity index (χ2n) is 4.63. The number of methoxy groups -OCH3 is 1. The molecule has 2 aromatic rings. The molecule has 0 amide bonds. The van der Waals surface area contributed by atoms with Crippen molar-refractivity contribution in [3.63, 3.8) is 0 Å². The van der Waals surface area contributed by atoms with Crippen molar-refractivity contribution in [1.82, 2.24) is 0 Å². The monoisotopic (exact) mass is 278 g/mol. The van der Waals surface area contributed by atoms with Crippen LogP contribution in [0.15, 0.2) is 66.4 Å². The van der Waals surface area contributed by atoms with Crippen LogP contribution in [0, 0.1) is 0 Å². The lowest BCUT2D eigenvalue weighted by Crippen LogP contribution is -1.91. The van der Waals surface area contributed by atoms with Crippen LogP contribution in [-0.4, -0.2) is 13.1 Å². The largest absolute Gasteiger partial charge is 0.497 e. The molecule has 0 unspecified atom stereocenters. The zero-order valence-electron chi connectivity index (χ0n) is 11.6. The molecule has 0 spiro atoms. The van der Waals surface area contributed by atoms with E-state index in [1.165, 1.54) is 6.08 Å². The minimum Gasteiger partial charge on any atom is -0.497 e. The van der Waals surface area contributed by atoms with E-state index in [1.807, 2.05) is 60.7 Å². The van der Waals surface area contributed by atoms with Crippen LogP contribution in [0.5, 0.6) is 5.75 Å². The fourth-order valence-electron chi connectivity index (χ4n) is 2.18. The highest BCUT2D eigenvalue weighted by Gasteiger charge is 2.21. The fraction of sp³-hybridized carbons (Fsp3) is 0.0556. The third-order valence-corrected chi connectivity index (χ3v) is 3.24. The SMILES string of the molecule is COc1ccc(C=C2OC(=O)C=C2c2ccccc2)cc1. The number of carbonyl (C=O) groups is 1. The van der Waals surface area contributed by atoms with Crippen LogP contribution in [0.25, 0.3) is 11.6 Å². The number of hydrogen-bond acceptors (Lipinski definition) is 3. The molecule has 0 saturated heterocycles. The zero-order chi connectivity index (χ0) is 14.7. The Morgan fingerprint density at radius 1 is 1.00 bits per heavy atom. The Balaban J connectivity index is 1.95. The molecule has 0 atom stereocenters. The van der Waals surface area contributed by atoms with E-state index in [-0.39, 0.29) is 5.97 Å². The van der Waals surface area contributed by atoms with Crippen LogP contribution in [0.3, 0.4) is 0 Å². The molecule has 0 N–H and O–H groups in total. The number of benzene rings is 2. The highest BCUT2D eigenvalue weighted by molar-refractivity contribution is 6.03. The summed E-state index contributed by atoms with van der Waals surface area (Å²) in [6, 6.07) is 17.3. The maximum atomic E-state index is 11.6. The molecule has 0 aliphatic carbocycles. The second-order valence-corrected chi connectivity index (χ2v) is 4.63. The average Bonchev–Trinajstić information content (AvgIpc) is 2.89. The molecule has 3 heteroatoms. The maximum Gasteiger partial charge on any atom is 0.336 e. The molecule has 3 nitrogen and oxygen atoms in total. The molecular weight excluding hydrogens is 264 g/mol. The quantitative estimate of drug-likeness (QED) is 0.803. The first-order valence-electron chi connectivity index (χ1n) is 6.61. The highest BCUT2D eigenvalue weighted by Crippen LogP contribution is 2.31. The van der Waals surface area contributed by atoms with Gasteiger partial charge in [0.25, 0.3) is 0 Å². The van der Waals surface area contributed by atoms with E-state index in [4.69, 9.17) is 9.47 Å². The van der Waals surface area contributed by atoms with Crippen molar-refractivity contribution >= 4 is 17.6 Å². The number of cyclic esters (lactones) is 1. The molecular formula is C18H14O3. The molecule has 0 saturated carbocycles. The lowest BCUT2D eigenvalue weighted by atomic mass is 10.0. The molecule has 0 aromatic heterocycles. The normalized spacial score (nSPS) is 15.8. The van der Waals surface area contributed by atoms with E-state index < -0.39 is 0 Å². The summed E-state index contributed by atoms with van der Waals surface area (Å²) in [5, 5.41) is 0. The predicted molar refractivity (Wildman–Crippen MR) is 81.5 cm³/mol. The van der Waals surface area contributed by atoms with Crippen LogP contribution in [-0.2, 0) is 9.53 Å². The number of allylic oxidation sites excluding steroid dienone is 1. The maximum absolute atomic E-state index is 11.6. The standard InChI is InChI=1S/C18H14O3/c1-20-15-9-7-13(8-10-15)11-17-16(12-18(19)21-17)14-5-3-2-4-6-14/h2-12H,1H3. The topological polar surface area (TPSA) is 35.5 Å². The molecule has 1 aliphatic rings. The summed E-state index contributed by atoms with van der Waals surface area (Å²) in [5.74, 6) is 1.02. The Bertz CT molecular complexity index is 710. The third kappa shape index (κ3) is 2.87. The number of esters is 1. The minimum atomic E-state index is -0.339. The van der Waals surface area contributed by atoms with E-state index in [9.17, 15) is 4.79 Å². The number of rotatable bonds is 3. The molecule has 0 radical (unpaired) electrons. The molecule has 21 heavy (non-hydrogen) atoms. The Morgan fingerprint density at radius 3 is 2.38 bits per heavy atom. The van der Waals surface area contributed by atoms with Gasteiger partial charge in [-0.15, -0.1) is 0 Å². The van der Waals surface area contributed by atoms with E-state index in [1.54, 1.807) is 7.11 Å². The van der Waals surface area contributed by atoms with Crippen LogP contribution >= 0.6 is 0 Å². The molecule has 3 rings (SSSR count). The zero-order valence-corrected chi connectivity index (χ0v) is 11.6. The van der Waals surface area contributed by atoms with Crippen molar-refractivity contribution in [1.29, 1.82) is 0 Å². The van der Waals surface area contributed by atoms with Gasteiger partial charge in [-0.05, 0) is 29.3 Å². The summed E-state index contributed by atoms with van der Waals surface area (Å²) in [6.07, 6.45) is 3.37. The van der Waals surface area contributed by atoms with Gasteiger partial charge >= 0.3 is 5.97 Å². The van der Waals surface area contributed by atoms with Crippen molar-refractivity contribution in [3.8, 4) is 5.75 Å². The van der Waals surface area contributed by atoms with Crippen LogP contribution < -0.4 is 4.74 Å². The average molecular weight is 278 g/mol. The molecule has 0 bridgehead atoms. The van der Waals surface area contributed by atoms with Gasteiger partial charge in [-0.3, -0.25) is 0 Å². The van der Waals surface area contributed by atoms with Crippen molar-refractivity contribution in [2.45, 2.75) is 0 Å². The molecule has 0 fully saturated rings. The van der Waals surface area contributed by atoms with Crippen molar-refractivity contribution in [2.24, 2.45) is 0 Å². The van der Waals surface area contributed by atoms with E-state index in [0.717, 1.165) is 22.4 Å². The summed E-state index contributed by atoms with van der Waals surface area (Å²) in [5.41, 5.74) is 2.71. The Labute approximate surface area is 123 Å². The molecule has 2 aromatic carbocycles. The van der Waals surface area contributed by atoms with Crippen LogP contribution in [0.2, 0.25) is 0 Å². The lowest BCUT2D eigenvalue weighted by Gasteiger charge is -2.05. The third-order valence-electron chi connectivity index (χ3n) is 3.24. The smallest absolute Gasteiger partial charge is 0.336 e. The van der Waals surface area contributed by atoms with Gasteiger partial charge in [0.2, 0.25) is 0 Å². The van der Waals surface area contributed by atoms with Gasteiger partial charge < -0.3 is 9.47 Å². The summed E-state index contributed by atoms with van der Waals surface area (Å²) in [7, 11) is 1.63. The van der Waals surface area contributed by atoms with Gasteiger partial charge in [0.1, 0.15) is 11.5 Å². The van der Waals surface area contributed by atoms with Crippen LogP contribution in [0.4, 0.5) is 0 Å². The second kappa shape index (κ2) is 5.67. The van der Waals surface area contributed by atoms with Gasteiger partial charge in [-0.1, -0.05) is 42.5 Å². The van der Waals surface area contributed by atoms with Crippen molar-refractivity contribution in [2.75, 3.05) is 7.11 Å². The number of carbonyl (C=O) groups excluding carboxylic acids is 1. The van der Waals surface area contributed by atoms with E-state index in [2.05, 4.69) is 0 Å². The molecule has 1 heterocycles. The number of ether oxygens (including phenoxy) is 2. The fourth-order valence-corrected chi connectivity index (χ4v) is 2.18. The highest BCUT2D eigenvalue weighted by atomic mass is 16.5. The minimum absolute atomic E-state index is 0.339. The van der Waals surface area contributed by atoms with Gasteiger partial charge in [0.05, 0.1) is 7.11 Å². The number of hydrogen-bond donors (Lipinski definition) is 0. The summed E-state index contributed by atoms with van der Waals surface area (Å²) < 4.78 is 10.4. The van der Waals surface area contributed by atoms with Gasteiger partial charge in [0.15, 0.2) is 0 Å². The first kappa shape index (κ1) is 13.2. The summed E-state index contributed by atoms with van der Waals surface area (Å²) in [6.45, 7) is 0. The lowest BCUT2D eigenvalue weighted by molar-refractivity contribution is -0.132. The van der Waals surface area contributed by atoms with Gasteiger partial charge in [0, 0.05) is 11.6 Å².